The fourth-order valence-corrected chi connectivity index (χ4v) is 3.33. The van der Waals surface area contributed by atoms with E-state index in [1.807, 2.05) is 43.5 Å². The monoisotopic (exact) mass is 339 g/mol. The van der Waals surface area contributed by atoms with Crippen LogP contribution in [-0.2, 0) is 11.2 Å². The van der Waals surface area contributed by atoms with E-state index in [4.69, 9.17) is 4.74 Å². The number of nitrogens with zero attached hydrogens (tertiary/aromatic N) is 1. The number of rotatable bonds is 5. The maximum Gasteiger partial charge on any atom is 0.339 e. The van der Waals surface area contributed by atoms with Crippen LogP contribution >= 0.6 is 11.3 Å². The molecule has 0 saturated carbocycles. The average Bonchev–Trinajstić information content (AvgIpc) is 3.13. The topological polar surface area (TPSA) is 56.3 Å². The number of esters is 1. The van der Waals surface area contributed by atoms with E-state index in [-0.39, 0.29) is 12.4 Å². The van der Waals surface area contributed by atoms with Crippen LogP contribution in [-0.4, -0.2) is 23.3 Å². The lowest BCUT2D eigenvalue weighted by molar-refractivity contribution is 0.0477. The smallest absolute Gasteiger partial charge is 0.339 e. The molecule has 4 nitrogen and oxygen atoms in total. The third kappa shape index (κ3) is 3.08. The van der Waals surface area contributed by atoms with Crippen LogP contribution in [0.15, 0.2) is 41.8 Å². The molecule has 3 rings (SSSR count). The number of carbonyl (C=O) groups excluding carboxylic acids is 2. The molecular weight excluding hydrogens is 322 g/mol. The number of ketones is 1. The third-order valence-electron chi connectivity index (χ3n) is 3.91. The molecule has 0 aliphatic heterocycles. The van der Waals surface area contributed by atoms with E-state index in [9.17, 15) is 9.59 Å². The predicted octanol–water partition coefficient (Wildman–Crippen LogP) is 4.21. The summed E-state index contributed by atoms with van der Waals surface area (Å²) in [4.78, 5) is 29.8. The number of pyridine rings is 1. The number of para-hydroxylation sites is 1. The molecule has 0 atom stereocenters. The van der Waals surface area contributed by atoms with Crippen LogP contribution in [0.2, 0.25) is 0 Å². The quantitative estimate of drug-likeness (QED) is 0.516. The Kier molecular flexibility index (Phi) is 4.71. The van der Waals surface area contributed by atoms with Crippen molar-refractivity contribution in [3.63, 3.8) is 0 Å². The number of carbonyl (C=O) groups is 2. The summed E-state index contributed by atoms with van der Waals surface area (Å²) in [5.74, 6) is -0.671. The lowest BCUT2D eigenvalue weighted by Crippen LogP contribution is -2.16. The van der Waals surface area contributed by atoms with E-state index < -0.39 is 5.97 Å². The first-order valence-electron chi connectivity index (χ1n) is 7.73. The second kappa shape index (κ2) is 6.93. The molecule has 3 aromatic rings. The molecule has 0 fully saturated rings. The molecule has 0 unspecified atom stereocenters. The van der Waals surface area contributed by atoms with E-state index in [0.29, 0.717) is 10.4 Å². The van der Waals surface area contributed by atoms with Crippen molar-refractivity contribution in [2.24, 2.45) is 0 Å². The van der Waals surface area contributed by atoms with Gasteiger partial charge in [0.2, 0.25) is 5.78 Å². The number of aromatic nitrogens is 1. The molecule has 5 heteroatoms. The summed E-state index contributed by atoms with van der Waals surface area (Å²) < 4.78 is 5.29. The highest BCUT2D eigenvalue weighted by Crippen LogP contribution is 2.24. The number of benzene rings is 1. The van der Waals surface area contributed by atoms with Crippen LogP contribution in [0.5, 0.6) is 0 Å². The number of thiophene rings is 1. The van der Waals surface area contributed by atoms with Gasteiger partial charge >= 0.3 is 5.97 Å². The Morgan fingerprint density at radius 2 is 1.96 bits per heavy atom. The molecule has 0 aliphatic rings. The van der Waals surface area contributed by atoms with Crippen molar-refractivity contribution < 1.29 is 14.3 Å². The number of Topliss-reactive ketones (excluding diaryl/α,β-unsaturated/α-hetero) is 1. The maximum atomic E-state index is 12.6. The summed E-state index contributed by atoms with van der Waals surface area (Å²) in [6, 6.07) is 11.0. The Morgan fingerprint density at radius 3 is 2.67 bits per heavy atom. The number of hydrogen-bond acceptors (Lipinski definition) is 5. The second-order valence-electron chi connectivity index (χ2n) is 5.41. The lowest BCUT2D eigenvalue weighted by atomic mass is 10.0. The van der Waals surface area contributed by atoms with E-state index in [1.54, 1.807) is 12.1 Å². The normalized spacial score (nSPS) is 10.8. The van der Waals surface area contributed by atoms with Gasteiger partial charge in [-0.3, -0.25) is 9.78 Å². The fourth-order valence-electron chi connectivity index (χ4n) is 2.68. The molecule has 0 spiro atoms. The van der Waals surface area contributed by atoms with Crippen LogP contribution in [0.3, 0.4) is 0 Å². The molecule has 0 aliphatic carbocycles. The third-order valence-corrected chi connectivity index (χ3v) is 4.82. The zero-order valence-electron chi connectivity index (χ0n) is 13.5. The van der Waals surface area contributed by atoms with Gasteiger partial charge in [0.05, 0.1) is 16.0 Å². The fraction of sp³-hybridized carbons (Fsp3) is 0.211. The van der Waals surface area contributed by atoms with Crippen molar-refractivity contribution >= 4 is 34.0 Å². The van der Waals surface area contributed by atoms with Gasteiger partial charge in [-0.15, -0.1) is 11.3 Å². The molecular formula is C19H17NO3S. The minimum atomic E-state index is -0.481. The van der Waals surface area contributed by atoms with Gasteiger partial charge in [-0.05, 0) is 36.4 Å². The van der Waals surface area contributed by atoms with Gasteiger partial charge in [0.25, 0.3) is 0 Å². The van der Waals surface area contributed by atoms with E-state index in [1.165, 1.54) is 11.3 Å². The highest BCUT2D eigenvalue weighted by atomic mass is 32.1. The Labute approximate surface area is 144 Å². The van der Waals surface area contributed by atoms with Crippen molar-refractivity contribution in [2.45, 2.75) is 20.3 Å². The van der Waals surface area contributed by atoms with Crippen LogP contribution in [0.4, 0.5) is 0 Å². The first kappa shape index (κ1) is 16.3. The minimum Gasteiger partial charge on any atom is -0.454 e. The lowest BCUT2D eigenvalue weighted by Gasteiger charge is -2.13. The molecule has 0 radical (unpaired) electrons. The molecule has 122 valence electrons. The van der Waals surface area contributed by atoms with Gasteiger partial charge in [-0.2, -0.15) is 0 Å². The largest absolute Gasteiger partial charge is 0.454 e. The van der Waals surface area contributed by atoms with Crippen LogP contribution in [0, 0.1) is 6.92 Å². The zero-order valence-corrected chi connectivity index (χ0v) is 14.4. The number of hydrogen-bond donors (Lipinski definition) is 0. The van der Waals surface area contributed by atoms with Gasteiger partial charge in [0, 0.05) is 11.1 Å². The summed E-state index contributed by atoms with van der Waals surface area (Å²) in [5, 5.41) is 2.57. The molecule has 0 amide bonds. The van der Waals surface area contributed by atoms with Gasteiger partial charge in [0.15, 0.2) is 6.61 Å². The van der Waals surface area contributed by atoms with Crippen LogP contribution in [0.25, 0.3) is 10.9 Å². The zero-order chi connectivity index (χ0) is 17.1. The van der Waals surface area contributed by atoms with E-state index in [2.05, 4.69) is 4.98 Å². The van der Waals surface area contributed by atoms with Crippen molar-refractivity contribution in [3.8, 4) is 0 Å². The summed E-state index contributed by atoms with van der Waals surface area (Å²) in [6.45, 7) is 3.62. The van der Waals surface area contributed by atoms with Gasteiger partial charge in [0.1, 0.15) is 0 Å². The maximum absolute atomic E-state index is 12.6. The standard InChI is InChI=1S/C19H17NO3S/c1-3-14-12(2)18(13-7-4-5-8-15(13)20-14)19(22)23-11-16(21)17-9-6-10-24-17/h4-10H,3,11H2,1-2H3. The summed E-state index contributed by atoms with van der Waals surface area (Å²) >= 11 is 1.34. The van der Waals surface area contributed by atoms with E-state index >= 15 is 0 Å². The molecule has 1 aromatic carbocycles. The summed E-state index contributed by atoms with van der Waals surface area (Å²) in [7, 11) is 0. The Balaban J connectivity index is 1.91. The van der Waals surface area contributed by atoms with Gasteiger partial charge in [-0.1, -0.05) is 31.2 Å². The highest BCUT2D eigenvalue weighted by Gasteiger charge is 2.20. The first-order valence-corrected chi connectivity index (χ1v) is 8.61. The van der Waals surface area contributed by atoms with E-state index in [0.717, 1.165) is 28.6 Å². The first-order chi connectivity index (χ1) is 11.6. The highest BCUT2D eigenvalue weighted by molar-refractivity contribution is 7.12. The predicted molar refractivity (Wildman–Crippen MR) is 94.8 cm³/mol. The SMILES string of the molecule is CCc1nc2ccccc2c(C(=O)OCC(=O)c2cccs2)c1C. The van der Waals surface area contributed by atoms with Crippen LogP contribution < -0.4 is 0 Å². The Bertz CT molecular complexity index is 900. The second-order valence-corrected chi connectivity index (χ2v) is 6.35. The average molecular weight is 339 g/mol. The molecule has 0 N–H and O–H groups in total. The van der Waals surface area contributed by atoms with Gasteiger partial charge < -0.3 is 4.74 Å². The molecule has 2 aromatic heterocycles. The van der Waals surface area contributed by atoms with Crippen molar-refractivity contribution in [1.82, 2.24) is 4.98 Å². The Morgan fingerprint density at radius 1 is 1.17 bits per heavy atom. The molecule has 2 heterocycles. The number of fused-ring (bicyclic) bond motifs is 1. The molecule has 0 saturated heterocycles. The van der Waals surface area contributed by atoms with Crippen molar-refractivity contribution in [2.75, 3.05) is 6.61 Å². The molecule has 24 heavy (non-hydrogen) atoms. The number of ether oxygens (including phenoxy) is 1. The molecule has 0 bridgehead atoms. The minimum absolute atomic E-state index is 0.190. The van der Waals surface area contributed by atoms with Crippen molar-refractivity contribution in [3.05, 3.63) is 63.5 Å². The van der Waals surface area contributed by atoms with Gasteiger partial charge in [-0.25, -0.2) is 4.79 Å². The number of aryl methyl sites for hydroxylation is 1. The summed E-state index contributed by atoms with van der Waals surface area (Å²) in [5.41, 5.74) is 2.93. The summed E-state index contributed by atoms with van der Waals surface area (Å²) in [6.07, 6.45) is 0.727. The van der Waals surface area contributed by atoms with Crippen LogP contribution in [0.1, 0.15) is 38.2 Å². The van der Waals surface area contributed by atoms with Crippen molar-refractivity contribution in [1.29, 1.82) is 0 Å². The Hall–Kier alpha value is -2.53.